The number of likely N-dealkylation sites (tertiary alicyclic amines) is 1. The van der Waals surface area contributed by atoms with E-state index in [1.807, 2.05) is 30.3 Å². The van der Waals surface area contributed by atoms with Crippen LogP contribution in [0.5, 0.6) is 11.5 Å². The third-order valence-corrected chi connectivity index (χ3v) is 8.52. The summed E-state index contributed by atoms with van der Waals surface area (Å²) in [7, 11) is 3.14. The molecule has 42 heavy (non-hydrogen) atoms. The van der Waals surface area contributed by atoms with E-state index in [1.165, 1.54) is 25.0 Å². The lowest BCUT2D eigenvalue weighted by Gasteiger charge is -2.27. The van der Waals surface area contributed by atoms with Crippen LogP contribution in [0.25, 0.3) is 0 Å². The van der Waals surface area contributed by atoms with Gasteiger partial charge in [0.15, 0.2) is 0 Å². The molecule has 0 unspecified atom stereocenters. The number of anilines is 2. The summed E-state index contributed by atoms with van der Waals surface area (Å²) in [4.78, 5) is 6.74. The molecule has 0 amide bonds. The zero-order valence-corrected chi connectivity index (χ0v) is 25.1. The molecule has 1 atom stereocenters. The number of benzene rings is 3. The molecule has 3 aromatic carbocycles. The smallest absolute Gasteiger partial charge is 0.214 e. The Balaban J connectivity index is 1.42. The van der Waals surface area contributed by atoms with Crippen LogP contribution >= 0.6 is 23.5 Å². The number of rotatable bonds is 12. The van der Waals surface area contributed by atoms with Crippen LogP contribution in [-0.2, 0) is 6.54 Å². The van der Waals surface area contributed by atoms with Crippen molar-refractivity contribution in [1.29, 1.82) is 0 Å². The van der Waals surface area contributed by atoms with Crippen LogP contribution in [-0.4, -0.2) is 43.7 Å². The topological polar surface area (TPSA) is 49.9 Å². The van der Waals surface area contributed by atoms with Crippen molar-refractivity contribution in [2.45, 2.75) is 30.3 Å². The van der Waals surface area contributed by atoms with Crippen molar-refractivity contribution < 1.29 is 18.3 Å². The van der Waals surface area contributed by atoms with Crippen molar-refractivity contribution in [3.63, 3.8) is 0 Å². The normalized spacial score (nSPS) is 14.0. The minimum atomic E-state index is -0.636. The maximum absolute atomic E-state index is 15.7. The monoisotopic (exact) mass is 610 g/mol. The zero-order valence-electron chi connectivity index (χ0n) is 23.5. The van der Waals surface area contributed by atoms with Gasteiger partial charge in [-0.3, -0.25) is 4.31 Å². The van der Waals surface area contributed by atoms with Crippen molar-refractivity contribution in [3.05, 3.63) is 107 Å². The van der Waals surface area contributed by atoms with E-state index in [0.717, 1.165) is 42.7 Å². The second kappa shape index (κ2) is 14.1. The summed E-state index contributed by atoms with van der Waals surface area (Å²) in [6.07, 6.45) is 2.36. The zero-order chi connectivity index (χ0) is 29.5. The Hall–Kier alpha value is -3.53. The molecule has 0 saturated carbocycles. The average molecular weight is 611 g/mol. The van der Waals surface area contributed by atoms with Crippen LogP contribution in [0.3, 0.4) is 0 Å². The molecule has 0 spiro atoms. The number of pyridine rings is 1. The maximum atomic E-state index is 15.7. The molecule has 1 fully saturated rings. The SMILES string of the molecule is COc1ccc(CN(Sc2cc(Cl)c(N[C@H](CN3CCCC3)c3ccccc3)cc2F)c2cccc(F)n2)c(OC)c1. The molecule has 220 valence electrons. The maximum Gasteiger partial charge on any atom is 0.214 e. The van der Waals surface area contributed by atoms with Gasteiger partial charge in [-0.2, -0.15) is 4.39 Å². The quantitative estimate of drug-likeness (QED) is 0.129. The molecule has 4 aromatic rings. The molecule has 2 heterocycles. The molecule has 0 radical (unpaired) electrons. The van der Waals surface area contributed by atoms with E-state index in [9.17, 15) is 4.39 Å². The Labute approximate surface area is 254 Å². The molecule has 0 aliphatic carbocycles. The lowest BCUT2D eigenvalue weighted by molar-refractivity contribution is 0.323. The van der Waals surface area contributed by atoms with Gasteiger partial charge >= 0.3 is 0 Å². The first-order chi connectivity index (χ1) is 20.4. The standard InChI is InChI=1S/C32H33ClF2N4O2S/c1-40-24-14-13-23(29(17-24)41-2)20-39(32-12-8-11-31(35)37-32)42-30-18-25(33)27(19-26(30)34)36-28(21-38-15-6-7-16-38)22-9-4-3-5-10-22/h3-5,8-14,17-19,28,36H,6-7,15-16,20-21H2,1-2H3/t28-/m1/s1. The van der Waals surface area contributed by atoms with Crippen LogP contribution in [0.4, 0.5) is 20.3 Å². The highest BCUT2D eigenvalue weighted by Gasteiger charge is 2.22. The fourth-order valence-electron chi connectivity index (χ4n) is 4.99. The molecule has 10 heteroatoms. The fraction of sp³-hybridized carbons (Fsp3) is 0.281. The van der Waals surface area contributed by atoms with E-state index in [-0.39, 0.29) is 17.5 Å². The second-order valence-electron chi connectivity index (χ2n) is 10.0. The van der Waals surface area contributed by atoms with Crippen molar-refractivity contribution >= 4 is 35.1 Å². The number of methoxy groups -OCH3 is 2. The number of aromatic nitrogens is 1. The lowest BCUT2D eigenvalue weighted by atomic mass is 10.1. The van der Waals surface area contributed by atoms with Gasteiger partial charge in [0.05, 0.1) is 42.4 Å². The Bertz CT molecular complexity index is 1490. The molecule has 0 bridgehead atoms. The van der Waals surface area contributed by atoms with Crippen molar-refractivity contribution in [2.24, 2.45) is 0 Å². The van der Waals surface area contributed by atoms with Crippen LogP contribution in [0, 0.1) is 11.8 Å². The third-order valence-electron chi connectivity index (χ3n) is 7.17. The Morgan fingerprint density at radius 3 is 2.48 bits per heavy atom. The van der Waals surface area contributed by atoms with Crippen molar-refractivity contribution in [2.75, 3.05) is 43.5 Å². The number of hydrogen-bond donors (Lipinski definition) is 1. The highest BCUT2D eigenvalue weighted by molar-refractivity contribution is 8.00. The lowest BCUT2D eigenvalue weighted by Crippen LogP contribution is -2.29. The summed E-state index contributed by atoms with van der Waals surface area (Å²) in [5, 5.41) is 3.87. The van der Waals surface area contributed by atoms with Crippen molar-refractivity contribution in [1.82, 2.24) is 9.88 Å². The van der Waals surface area contributed by atoms with Gasteiger partial charge in [0.1, 0.15) is 23.1 Å². The Morgan fingerprint density at radius 2 is 1.76 bits per heavy atom. The molecule has 5 rings (SSSR count). The average Bonchev–Trinajstić information content (AvgIpc) is 3.52. The minimum Gasteiger partial charge on any atom is -0.497 e. The van der Waals surface area contributed by atoms with E-state index in [4.69, 9.17) is 21.1 Å². The van der Waals surface area contributed by atoms with E-state index >= 15 is 4.39 Å². The summed E-state index contributed by atoms with van der Waals surface area (Å²) in [6, 6.07) is 23.0. The van der Waals surface area contributed by atoms with E-state index < -0.39 is 11.8 Å². The van der Waals surface area contributed by atoms with Gasteiger partial charge in [-0.15, -0.1) is 0 Å². The molecular formula is C32H33ClF2N4O2S. The molecule has 1 aromatic heterocycles. The second-order valence-corrected chi connectivity index (χ2v) is 11.5. The Morgan fingerprint density at radius 1 is 0.976 bits per heavy atom. The van der Waals surface area contributed by atoms with Gasteiger partial charge in [-0.25, -0.2) is 9.37 Å². The van der Waals surface area contributed by atoms with Crippen LogP contribution in [0.2, 0.25) is 5.02 Å². The van der Waals surface area contributed by atoms with Gasteiger partial charge in [0, 0.05) is 18.2 Å². The molecule has 1 aliphatic rings. The van der Waals surface area contributed by atoms with Gasteiger partial charge in [-0.1, -0.05) is 48.0 Å². The first-order valence-electron chi connectivity index (χ1n) is 13.8. The summed E-state index contributed by atoms with van der Waals surface area (Å²) in [5.74, 6) is 0.452. The molecule has 1 aliphatic heterocycles. The fourth-order valence-corrected chi connectivity index (χ4v) is 6.23. The van der Waals surface area contributed by atoms with Gasteiger partial charge in [0.25, 0.3) is 0 Å². The molecule has 1 N–H and O–H groups in total. The molecular weight excluding hydrogens is 578 g/mol. The first-order valence-corrected chi connectivity index (χ1v) is 14.9. The van der Waals surface area contributed by atoms with Gasteiger partial charge in [-0.05, 0) is 79.8 Å². The predicted molar refractivity (Wildman–Crippen MR) is 166 cm³/mol. The highest BCUT2D eigenvalue weighted by atomic mass is 35.5. The van der Waals surface area contributed by atoms with E-state index in [1.54, 1.807) is 42.8 Å². The van der Waals surface area contributed by atoms with Crippen LogP contribution in [0.1, 0.15) is 30.0 Å². The number of nitrogens with zero attached hydrogens (tertiary/aromatic N) is 3. The van der Waals surface area contributed by atoms with E-state index in [2.05, 4.69) is 27.3 Å². The van der Waals surface area contributed by atoms with Gasteiger partial charge in [0.2, 0.25) is 5.95 Å². The number of ether oxygens (including phenoxy) is 2. The van der Waals surface area contributed by atoms with Crippen LogP contribution in [0.15, 0.2) is 83.8 Å². The molecule has 1 saturated heterocycles. The first kappa shape index (κ1) is 29.9. The highest BCUT2D eigenvalue weighted by Crippen LogP contribution is 2.38. The predicted octanol–water partition coefficient (Wildman–Crippen LogP) is 7.99. The Kier molecular flexibility index (Phi) is 10.0. The van der Waals surface area contributed by atoms with Crippen LogP contribution < -0.4 is 19.1 Å². The van der Waals surface area contributed by atoms with Crippen molar-refractivity contribution in [3.8, 4) is 11.5 Å². The summed E-state index contributed by atoms with van der Waals surface area (Å²) in [6.45, 7) is 3.13. The number of nitrogens with one attached hydrogen (secondary N) is 1. The largest absolute Gasteiger partial charge is 0.497 e. The number of hydrogen-bond acceptors (Lipinski definition) is 7. The minimum absolute atomic E-state index is 0.0600. The van der Waals surface area contributed by atoms with E-state index in [0.29, 0.717) is 28.0 Å². The summed E-state index contributed by atoms with van der Waals surface area (Å²) in [5.41, 5.74) is 2.41. The third kappa shape index (κ3) is 7.45. The molecule has 6 nitrogen and oxygen atoms in total. The van der Waals surface area contributed by atoms with Gasteiger partial charge < -0.3 is 19.7 Å². The summed E-state index contributed by atoms with van der Waals surface area (Å²) < 4.78 is 42.5. The summed E-state index contributed by atoms with van der Waals surface area (Å²) >= 11 is 7.85. The number of halogens is 3.